The largest absolute Gasteiger partial charge is 0.376 e. The molecule has 6 heteroatoms. The Labute approximate surface area is 122 Å². The zero-order valence-corrected chi connectivity index (χ0v) is 13.3. The third-order valence-corrected chi connectivity index (χ3v) is 4.72. The molecule has 0 aromatic carbocycles. The molecule has 0 aliphatic heterocycles. The maximum Gasteiger partial charge on any atom is 0.194 e. The molecule has 0 bridgehead atoms. The quantitative estimate of drug-likeness (QED) is 0.806. The number of rotatable bonds is 3. The molecule has 5 nitrogen and oxygen atoms in total. The zero-order chi connectivity index (χ0) is 14.4. The van der Waals surface area contributed by atoms with Gasteiger partial charge in [0.1, 0.15) is 0 Å². The van der Waals surface area contributed by atoms with Gasteiger partial charge in [0.15, 0.2) is 4.96 Å². The van der Waals surface area contributed by atoms with Gasteiger partial charge >= 0.3 is 0 Å². The molecule has 0 saturated heterocycles. The van der Waals surface area contributed by atoms with Gasteiger partial charge in [-0.25, -0.2) is 4.98 Å². The lowest BCUT2D eigenvalue weighted by atomic mass is 10.3. The van der Waals surface area contributed by atoms with E-state index in [1.165, 1.54) is 11.4 Å². The van der Waals surface area contributed by atoms with E-state index < -0.39 is 0 Å². The van der Waals surface area contributed by atoms with Crippen LogP contribution in [0.1, 0.15) is 28.5 Å². The Morgan fingerprint density at radius 1 is 1.20 bits per heavy atom. The van der Waals surface area contributed by atoms with Crippen molar-refractivity contribution < 1.29 is 0 Å². The van der Waals surface area contributed by atoms with Crippen molar-refractivity contribution in [3.05, 3.63) is 33.8 Å². The van der Waals surface area contributed by atoms with Gasteiger partial charge in [-0.1, -0.05) is 0 Å². The molecule has 0 unspecified atom stereocenters. The van der Waals surface area contributed by atoms with Gasteiger partial charge < -0.3 is 5.32 Å². The fraction of sp³-hybridized carbons (Fsp3) is 0.429. The van der Waals surface area contributed by atoms with E-state index in [4.69, 9.17) is 0 Å². The molecule has 3 heterocycles. The van der Waals surface area contributed by atoms with Gasteiger partial charge in [-0.2, -0.15) is 5.10 Å². The summed E-state index contributed by atoms with van der Waals surface area (Å²) >= 11 is 1.69. The van der Waals surface area contributed by atoms with Gasteiger partial charge in [0, 0.05) is 18.1 Å². The lowest BCUT2D eigenvalue weighted by molar-refractivity contribution is 0.731. The van der Waals surface area contributed by atoms with E-state index in [-0.39, 0.29) is 0 Å². The summed E-state index contributed by atoms with van der Waals surface area (Å²) in [6, 6.07) is 0. The van der Waals surface area contributed by atoms with Crippen LogP contribution in [0.2, 0.25) is 0 Å². The minimum atomic E-state index is 0.762. The van der Waals surface area contributed by atoms with Crippen molar-refractivity contribution >= 4 is 22.0 Å². The predicted molar refractivity (Wildman–Crippen MR) is 82.6 cm³/mol. The van der Waals surface area contributed by atoms with Crippen LogP contribution in [0.25, 0.3) is 4.96 Å². The first-order chi connectivity index (χ1) is 9.49. The van der Waals surface area contributed by atoms with E-state index in [2.05, 4.69) is 46.0 Å². The summed E-state index contributed by atoms with van der Waals surface area (Å²) in [6.45, 7) is 9.06. The van der Waals surface area contributed by atoms with Crippen LogP contribution in [0.5, 0.6) is 0 Å². The number of nitrogens with zero attached hydrogens (tertiary/aromatic N) is 4. The Kier molecular flexibility index (Phi) is 3.05. The molecular formula is C14H19N5S. The monoisotopic (exact) mass is 289 g/mol. The molecular weight excluding hydrogens is 270 g/mol. The van der Waals surface area contributed by atoms with Crippen molar-refractivity contribution in [3.63, 3.8) is 0 Å². The van der Waals surface area contributed by atoms with Gasteiger partial charge in [0.2, 0.25) is 0 Å². The van der Waals surface area contributed by atoms with Gasteiger partial charge in [-0.15, -0.1) is 11.3 Å². The van der Waals surface area contributed by atoms with Crippen LogP contribution in [0, 0.1) is 27.7 Å². The van der Waals surface area contributed by atoms with Crippen molar-refractivity contribution in [2.24, 2.45) is 7.05 Å². The summed E-state index contributed by atoms with van der Waals surface area (Å²) in [7, 11) is 1.97. The van der Waals surface area contributed by atoms with Gasteiger partial charge in [-0.05, 0) is 27.7 Å². The summed E-state index contributed by atoms with van der Waals surface area (Å²) in [5, 5.41) is 10.1. The Morgan fingerprint density at radius 2 is 1.95 bits per heavy atom. The number of thiazole rings is 1. The van der Waals surface area contributed by atoms with Crippen molar-refractivity contribution in [1.82, 2.24) is 19.2 Å². The minimum absolute atomic E-state index is 0.762. The van der Waals surface area contributed by atoms with Crippen molar-refractivity contribution in [3.8, 4) is 0 Å². The van der Waals surface area contributed by atoms with Crippen LogP contribution in [-0.4, -0.2) is 19.2 Å². The molecule has 3 rings (SSSR count). The minimum Gasteiger partial charge on any atom is -0.376 e. The molecule has 20 heavy (non-hydrogen) atoms. The number of anilines is 1. The van der Waals surface area contributed by atoms with Gasteiger partial charge in [-0.3, -0.25) is 9.08 Å². The highest BCUT2D eigenvalue weighted by molar-refractivity contribution is 7.15. The number of hydrogen-bond acceptors (Lipinski definition) is 4. The first kappa shape index (κ1) is 13.2. The highest BCUT2D eigenvalue weighted by Gasteiger charge is 2.14. The van der Waals surface area contributed by atoms with E-state index in [1.54, 1.807) is 11.3 Å². The molecule has 0 spiro atoms. The second kappa shape index (κ2) is 4.63. The summed E-state index contributed by atoms with van der Waals surface area (Å²) in [4.78, 5) is 5.68. The second-order valence-electron chi connectivity index (χ2n) is 5.16. The van der Waals surface area contributed by atoms with Crippen LogP contribution < -0.4 is 5.32 Å². The molecule has 0 radical (unpaired) electrons. The van der Waals surface area contributed by atoms with Gasteiger partial charge in [0.05, 0.1) is 35.0 Å². The molecule has 0 aliphatic rings. The SMILES string of the molecule is Cc1nn(C)c(C)c1NCc1c(C)nc2scc(C)n12. The summed E-state index contributed by atoms with van der Waals surface area (Å²) in [5.74, 6) is 0. The molecule has 0 atom stereocenters. The Morgan fingerprint density at radius 3 is 2.60 bits per heavy atom. The maximum atomic E-state index is 4.62. The smallest absolute Gasteiger partial charge is 0.194 e. The average Bonchev–Trinajstić information content (AvgIpc) is 2.97. The number of hydrogen-bond donors (Lipinski definition) is 1. The lowest BCUT2D eigenvalue weighted by Gasteiger charge is -2.08. The Bertz CT molecular complexity index is 777. The lowest BCUT2D eigenvalue weighted by Crippen LogP contribution is -2.06. The van der Waals surface area contributed by atoms with E-state index in [0.717, 1.165) is 34.3 Å². The second-order valence-corrected chi connectivity index (χ2v) is 6.00. The number of fused-ring (bicyclic) bond motifs is 1. The summed E-state index contributed by atoms with van der Waals surface area (Å²) in [6.07, 6.45) is 0. The molecule has 3 aromatic rings. The summed E-state index contributed by atoms with van der Waals surface area (Å²) < 4.78 is 4.14. The summed E-state index contributed by atoms with van der Waals surface area (Å²) in [5.41, 5.74) is 6.86. The Balaban J connectivity index is 1.94. The fourth-order valence-corrected chi connectivity index (χ4v) is 3.51. The standard InChI is InChI=1S/C14H19N5S/c1-8-7-20-14-16-9(2)12(19(8)14)6-15-13-10(3)17-18(5)11(13)4/h7,15H,6H2,1-5H3. The molecule has 106 valence electrons. The maximum absolute atomic E-state index is 4.62. The van der Waals surface area contributed by atoms with Crippen LogP contribution >= 0.6 is 11.3 Å². The first-order valence-corrected chi connectivity index (χ1v) is 7.53. The van der Waals surface area contributed by atoms with Gasteiger partial charge in [0.25, 0.3) is 0 Å². The van der Waals surface area contributed by atoms with Crippen molar-refractivity contribution in [2.75, 3.05) is 5.32 Å². The van der Waals surface area contributed by atoms with Crippen LogP contribution in [-0.2, 0) is 13.6 Å². The van der Waals surface area contributed by atoms with E-state index in [9.17, 15) is 0 Å². The van der Waals surface area contributed by atoms with E-state index in [0.29, 0.717) is 0 Å². The Hall–Kier alpha value is -1.82. The molecule has 3 aromatic heterocycles. The third-order valence-electron chi connectivity index (χ3n) is 3.77. The molecule has 0 saturated carbocycles. The van der Waals surface area contributed by atoms with Crippen molar-refractivity contribution in [1.29, 1.82) is 0 Å². The number of aryl methyl sites for hydroxylation is 4. The normalized spacial score (nSPS) is 11.4. The number of aromatic nitrogens is 4. The topological polar surface area (TPSA) is 47.2 Å². The van der Waals surface area contributed by atoms with Crippen LogP contribution in [0.4, 0.5) is 5.69 Å². The first-order valence-electron chi connectivity index (χ1n) is 6.65. The third kappa shape index (κ3) is 1.91. The average molecular weight is 289 g/mol. The van der Waals surface area contributed by atoms with E-state index in [1.807, 2.05) is 18.7 Å². The molecule has 1 N–H and O–H groups in total. The zero-order valence-electron chi connectivity index (χ0n) is 12.5. The fourth-order valence-electron chi connectivity index (χ4n) is 2.58. The predicted octanol–water partition coefficient (Wildman–Crippen LogP) is 2.98. The molecule has 0 aliphatic carbocycles. The highest BCUT2D eigenvalue weighted by Crippen LogP contribution is 2.23. The van der Waals surface area contributed by atoms with E-state index >= 15 is 0 Å². The molecule has 0 amide bonds. The van der Waals surface area contributed by atoms with Crippen molar-refractivity contribution in [2.45, 2.75) is 34.2 Å². The van der Waals surface area contributed by atoms with Crippen LogP contribution in [0.15, 0.2) is 5.38 Å². The van der Waals surface area contributed by atoms with Crippen LogP contribution in [0.3, 0.4) is 0 Å². The molecule has 0 fully saturated rings. The highest BCUT2D eigenvalue weighted by atomic mass is 32.1. The number of imidazole rings is 1. The number of nitrogens with one attached hydrogen (secondary N) is 1.